The molecule has 0 aromatic heterocycles. The lowest BCUT2D eigenvalue weighted by Crippen LogP contribution is -2.66. The molecule has 0 atom stereocenters. The molecule has 1 aliphatic heterocycles. The Bertz CT molecular complexity index is 190. The van der Waals surface area contributed by atoms with Crippen molar-refractivity contribution in [2.75, 3.05) is 0 Å². The summed E-state index contributed by atoms with van der Waals surface area (Å²) in [7, 11) is 0. The molecule has 1 fully saturated rings. The molecule has 1 saturated heterocycles. The Hall–Kier alpha value is -0.0800. The van der Waals surface area contributed by atoms with Gasteiger partial charge in [-0.05, 0) is 68.2 Å². The van der Waals surface area contributed by atoms with Crippen molar-refractivity contribution < 1.29 is 0 Å². The van der Waals surface area contributed by atoms with Gasteiger partial charge in [0.05, 0.1) is 0 Å². The van der Waals surface area contributed by atoms with Crippen LogP contribution in [0.1, 0.15) is 68.2 Å². The van der Waals surface area contributed by atoms with Crippen molar-refractivity contribution in [1.82, 2.24) is 10.6 Å². The lowest BCUT2D eigenvalue weighted by molar-refractivity contribution is 0.103. The first-order chi connectivity index (χ1) is 6.83. The van der Waals surface area contributed by atoms with E-state index in [1.165, 1.54) is 0 Å². The first-order valence-corrected chi connectivity index (χ1v) is 6.41. The fraction of sp³-hybridized carbons (Fsp3) is 1.00. The van der Waals surface area contributed by atoms with Crippen LogP contribution < -0.4 is 10.6 Å². The van der Waals surface area contributed by atoms with Crippen molar-refractivity contribution >= 4 is 0 Å². The van der Waals surface area contributed by atoms with Gasteiger partial charge in [0, 0.05) is 22.2 Å². The molecule has 0 unspecified atom stereocenters. The summed E-state index contributed by atoms with van der Waals surface area (Å²) in [6, 6.07) is 0. The number of rotatable bonds is 0. The predicted octanol–water partition coefficient (Wildman–Crippen LogP) is 3.07. The molecule has 0 aromatic carbocycles. The minimum atomic E-state index is 0.177. The summed E-state index contributed by atoms with van der Waals surface area (Å²) in [6.07, 6.45) is 2.26. The molecule has 0 spiro atoms. The lowest BCUT2D eigenvalue weighted by atomic mass is 9.76. The van der Waals surface area contributed by atoms with Crippen LogP contribution >= 0.6 is 0 Å². The smallest absolute Gasteiger partial charge is 0.0147 e. The summed E-state index contributed by atoms with van der Waals surface area (Å²) < 4.78 is 0. The highest BCUT2D eigenvalue weighted by Crippen LogP contribution is 2.32. The molecule has 0 aromatic rings. The minimum Gasteiger partial charge on any atom is -0.307 e. The molecule has 2 heteroatoms. The summed E-state index contributed by atoms with van der Waals surface area (Å²) in [4.78, 5) is 0. The van der Waals surface area contributed by atoms with Crippen LogP contribution in [0.5, 0.6) is 0 Å². The molecule has 0 saturated carbocycles. The van der Waals surface area contributed by atoms with E-state index >= 15 is 0 Å². The summed E-state index contributed by atoms with van der Waals surface area (Å²) in [5.41, 5.74) is 0.708. The van der Waals surface area contributed by atoms with Crippen molar-refractivity contribution in [1.29, 1.82) is 0 Å². The Kier molecular flexibility index (Phi) is 3.24. The standard InChI is InChI=1S/C14H30N2/c1-11(2)9-12(3,4)16-14(7,8)10-13(5,6)15-11/h15-16H,9-10H2,1-8H3. The molecule has 16 heavy (non-hydrogen) atoms. The number of hydrogen-bond acceptors (Lipinski definition) is 2. The Labute approximate surface area is 102 Å². The minimum absolute atomic E-state index is 0.177. The molecule has 96 valence electrons. The van der Waals surface area contributed by atoms with Crippen LogP contribution in [0, 0.1) is 0 Å². The molecule has 0 radical (unpaired) electrons. The van der Waals surface area contributed by atoms with E-state index in [4.69, 9.17) is 0 Å². The van der Waals surface area contributed by atoms with Crippen molar-refractivity contribution in [2.45, 2.75) is 90.4 Å². The summed E-state index contributed by atoms with van der Waals surface area (Å²) in [5.74, 6) is 0. The third-order valence-corrected chi connectivity index (χ3v) is 3.12. The fourth-order valence-electron chi connectivity index (χ4n) is 4.22. The van der Waals surface area contributed by atoms with E-state index in [0.717, 1.165) is 12.8 Å². The van der Waals surface area contributed by atoms with Gasteiger partial charge in [-0.25, -0.2) is 0 Å². The van der Waals surface area contributed by atoms with E-state index in [0.29, 0.717) is 0 Å². The zero-order chi connectivity index (χ0) is 12.8. The van der Waals surface area contributed by atoms with Gasteiger partial charge in [-0.15, -0.1) is 0 Å². The van der Waals surface area contributed by atoms with Crippen LogP contribution in [0.3, 0.4) is 0 Å². The highest BCUT2D eigenvalue weighted by Gasteiger charge is 2.41. The summed E-state index contributed by atoms with van der Waals surface area (Å²) in [5, 5.41) is 7.61. The quantitative estimate of drug-likeness (QED) is 0.663. The molecule has 1 aliphatic rings. The van der Waals surface area contributed by atoms with Gasteiger partial charge in [0.25, 0.3) is 0 Å². The molecule has 2 nitrogen and oxygen atoms in total. The van der Waals surface area contributed by atoms with E-state index in [1.807, 2.05) is 0 Å². The predicted molar refractivity (Wildman–Crippen MR) is 71.8 cm³/mol. The maximum Gasteiger partial charge on any atom is 0.0147 e. The van der Waals surface area contributed by atoms with Gasteiger partial charge in [-0.1, -0.05) is 0 Å². The molecule has 1 rings (SSSR count). The molecule has 0 amide bonds. The van der Waals surface area contributed by atoms with Crippen molar-refractivity contribution in [3.8, 4) is 0 Å². The first kappa shape index (κ1) is 14.0. The fourth-order valence-corrected chi connectivity index (χ4v) is 4.22. The maximum atomic E-state index is 3.81. The van der Waals surface area contributed by atoms with Crippen LogP contribution in [-0.2, 0) is 0 Å². The van der Waals surface area contributed by atoms with Crippen LogP contribution in [0.25, 0.3) is 0 Å². The van der Waals surface area contributed by atoms with E-state index in [-0.39, 0.29) is 22.2 Å². The average molecular weight is 226 g/mol. The van der Waals surface area contributed by atoms with Gasteiger partial charge < -0.3 is 10.6 Å². The van der Waals surface area contributed by atoms with Gasteiger partial charge in [0.1, 0.15) is 0 Å². The van der Waals surface area contributed by atoms with Crippen LogP contribution in [0.4, 0.5) is 0 Å². The van der Waals surface area contributed by atoms with E-state index in [9.17, 15) is 0 Å². The van der Waals surface area contributed by atoms with Gasteiger partial charge in [0.15, 0.2) is 0 Å². The number of hydrogen-bond donors (Lipinski definition) is 2. The monoisotopic (exact) mass is 226 g/mol. The van der Waals surface area contributed by atoms with E-state index < -0.39 is 0 Å². The SMILES string of the molecule is CC1(C)CC(C)(C)NC(C)(C)CC(C)(C)N1. The second-order valence-electron chi connectivity index (χ2n) is 8.14. The molecular formula is C14H30N2. The lowest BCUT2D eigenvalue weighted by Gasteiger charge is -2.51. The Morgan fingerprint density at radius 2 is 0.688 bits per heavy atom. The van der Waals surface area contributed by atoms with Crippen molar-refractivity contribution in [3.63, 3.8) is 0 Å². The Morgan fingerprint density at radius 1 is 0.500 bits per heavy atom. The second kappa shape index (κ2) is 3.71. The Morgan fingerprint density at radius 3 is 0.875 bits per heavy atom. The summed E-state index contributed by atoms with van der Waals surface area (Å²) in [6.45, 7) is 18.4. The van der Waals surface area contributed by atoms with E-state index in [2.05, 4.69) is 66.0 Å². The van der Waals surface area contributed by atoms with Crippen LogP contribution in [0.15, 0.2) is 0 Å². The first-order valence-electron chi connectivity index (χ1n) is 6.41. The highest BCUT2D eigenvalue weighted by molar-refractivity contribution is 5.03. The van der Waals surface area contributed by atoms with Gasteiger partial charge in [-0.3, -0.25) is 0 Å². The topological polar surface area (TPSA) is 24.1 Å². The molecule has 2 N–H and O–H groups in total. The molecule has 0 bridgehead atoms. The van der Waals surface area contributed by atoms with E-state index in [1.54, 1.807) is 0 Å². The van der Waals surface area contributed by atoms with Gasteiger partial charge >= 0.3 is 0 Å². The second-order valence-corrected chi connectivity index (χ2v) is 8.14. The summed E-state index contributed by atoms with van der Waals surface area (Å²) >= 11 is 0. The van der Waals surface area contributed by atoms with Crippen molar-refractivity contribution in [3.05, 3.63) is 0 Å². The number of nitrogens with one attached hydrogen (secondary N) is 2. The highest BCUT2D eigenvalue weighted by atomic mass is 15.1. The van der Waals surface area contributed by atoms with Crippen LogP contribution in [0.2, 0.25) is 0 Å². The third kappa shape index (κ3) is 4.06. The van der Waals surface area contributed by atoms with Gasteiger partial charge in [-0.2, -0.15) is 0 Å². The van der Waals surface area contributed by atoms with Crippen LogP contribution in [-0.4, -0.2) is 22.2 Å². The average Bonchev–Trinajstić information content (AvgIpc) is 1.67. The normalized spacial score (nSPS) is 31.5. The Balaban J connectivity index is 2.98. The zero-order valence-corrected chi connectivity index (χ0v) is 12.4. The van der Waals surface area contributed by atoms with Gasteiger partial charge in [0.2, 0.25) is 0 Å². The zero-order valence-electron chi connectivity index (χ0n) is 12.4. The maximum absolute atomic E-state index is 3.81. The largest absolute Gasteiger partial charge is 0.307 e. The molecular weight excluding hydrogens is 196 g/mol. The molecule has 0 aliphatic carbocycles. The molecule has 1 heterocycles. The third-order valence-electron chi connectivity index (χ3n) is 3.12. The van der Waals surface area contributed by atoms with Crippen molar-refractivity contribution in [2.24, 2.45) is 0 Å².